The fourth-order valence-electron chi connectivity index (χ4n) is 2.81. The number of aromatic nitrogens is 2. The Kier molecular flexibility index (Phi) is 4.24. The quantitative estimate of drug-likeness (QED) is 0.944. The van der Waals surface area contributed by atoms with Crippen LogP contribution in [0.1, 0.15) is 30.7 Å². The maximum atomic E-state index is 12.5. The van der Waals surface area contributed by atoms with E-state index in [1.807, 2.05) is 28.8 Å². The van der Waals surface area contributed by atoms with Crippen LogP contribution in [0.25, 0.3) is 0 Å². The van der Waals surface area contributed by atoms with Crippen LogP contribution in [0, 0.1) is 0 Å². The molecule has 2 atom stereocenters. The van der Waals surface area contributed by atoms with Crippen LogP contribution in [0.4, 0.5) is 4.79 Å². The van der Waals surface area contributed by atoms with E-state index in [4.69, 9.17) is 0 Å². The molecule has 1 aliphatic rings. The molecule has 0 saturated carbocycles. The molecular weight excluding hydrogens is 284 g/mol. The fourth-order valence-corrected chi connectivity index (χ4v) is 3.69. The first-order valence-electron chi connectivity index (χ1n) is 7.32. The Balaban J connectivity index is 1.59. The van der Waals surface area contributed by atoms with Gasteiger partial charge in [0, 0.05) is 29.9 Å². The van der Waals surface area contributed by atoms with Crippen molar-refractivity contribution in [1.29, 1.82) is 0 Å². The van der Waals surface area contributed by atoms with Crippen LogP contribution in [0.2, 0.25) is 0 Å². The van der Waals surface area contributed by atoms with E-state index in [0.29, 0.717) is 6.54 Å². The van der Waals surface area contributed by atoms with Crippen molar-refractivity contribution in [3.05, 3.63) is 40.8 Å². The van der Waals surface area contributed by atoms with Gasteiger partial charge in [0.15, 0.2) is 0 Å². The van der Waals surface area contributed by atoms with E-state index in [1.165, 1.54) is 4.88 Å². The molecule has 0 spiro atoms. The second-order valence-corrected chi connectivity index (χ2v) is 6.42. The van der Waals surface area contributed by atoms with Crippen LogP contribution >= 0.6 is 11.3 Å². The smallest absolute Gasteiger partial charge is 0.318 e. The van der Waals surface area contributed by atoms with Crippen LogP contribution in [0.15, 0.2) is 36.0 Å². The summed E-state index contributed by atoms with van der Waals surface area (Å²) in [5.41, 5.74) is 0. The Labute approximate surface area is 128 Å². The predicted octanol–water partition coefficient (Wildman–Crippen LogP) is 2.88. The van der Waals surface area contributed by atoms with Crippen molar-refractivity contribution in [3.63, 3.8) is 0 Å². The van der Waals surface area contributed by atoms with Gasteiger partial charge in [0.2, 0.25) is 0 Å². The number of amides is 2. The SMILES string of the molecule is C[C@H](Cn1cccn1)NC(=O)N1CCC[C@H]1c1cccs1. The van der Waals surface area contributed by atoms with E-state index in [-0.39, 0.29) is 18.1 Å². The van der Waals surface area contributed by atoms with Gasteiger partial charge in [0.05, 0.1) is 12.6 Å². The van der Waals surface area contributed by atoms with Gasteiger partial charge in [-0.2, -0.15) is 5.10 Å². The number of carbonyl (C=O) groups is 1. The monoisotopic (exact) mass is 304 g/mol. The average Bonchev–Trinajstić information content (AvgIpc) is 3.20. The number of urea groups is 1. The molecule has 0 unspecified atom stereocenters. The summed E-state index contributed by atoms with van der Waals surface area (Å²) in [5.74, 6) is 0. The number of carbonyl (C=O) groups excluding carboxylic acids is 1. The molecule has 112 valence electrons. The molecule has 1 aliphatic heterocycles. The van der Waals surface area contributed by atoms with E-state index >= 15 is 0 Å². The van der Waals surface area contributed by atoms with E-state index in [1.54, 1.807) is 17.5 Å². The molecule has 0 bridgehead atoms. The Bertz CT molecular complexity index is 567. The Morgan fingerprint density at radius 3 is 3.19 bits per heavy atom. The van der Waals surface area contributed by atoms with E-state index in [2.05, 4.69) is 27.9 Å². The molecule has 1 N–H and O–H groups in total. The molecule has 2 aromatic heterocycles. The lowest BCUT2D eigenvalue weighted by Gasteiger charge is -2.26. The molecule has 3 heterocycles. The molecule has 0 radical (unpaired) electrons. The van der Waals surface area contributed by atoms with Gasteiger partial charge in [-0.25, -0.2) is 4.79 Å². The number of hydrogen-bond donors (Lipinski definition) is 1. The normalized spacial score (nSPS) is 19.7. The topological polar surface area (TPSA) is 50.2 Å². The van der Waals surface area contributed by atoms with Crippen molar-refractivity contribution < 1.29 is 4.79 Å². The zero-order chi connectivity index (χ0) is 14.7. The minimum Gasteiger partial charge on any atom is -0.334 e. The van der Waals surface area contributed by atoms with Crippen LogP contribution in [-0.4, -0.2) is 33.3 Å². The number of likely N-dealkylation sites (tertiary alicyclic amines) is 1. The summed E-state index contributed by atoms with van der Waals surface area (Å²) >= 11 is 1.73. The third-order valence-electron chi connectivity index (χ3n) is 3.78. The maximum absolute atomic E-state index is 12.5. The molecule has 0 aromatic carbocycles. The highest BCUT2D eigenvalue weighted by molar-refractivity contribution is 7.10. The van der Waals surface area contributed by atoms with E-state index in [9.17, 15) is 4.79 Å². The van der Waals surface area contributed by atoms with Crippen LogP contribution in [-0.2, 0) is 6.54 Å². The van der Waals surface area contributed by atoms with Crippen LogP contribution < -0.4 is 5.32 Å². The van der Waals surface area contributed by atoms with Gasteiger partial charge < -0.3 is 10.2 Å². The third kappa shape index (κ3) is 3.26. The lowest BCUT2D eigenvalue weighted by Crippen LogP contribution is -2.44. The zero-order valence-corrected chi connectivity index (χ0v) is 12.9. The van der Waals surface area contributed by atoms with Gasteiger partial charge in [0.1, 0.15) is 0 Å². The van der Waals surface area contributed by atoms with E-state index in [0.717, 1.165) is 19.4 Å². The largest absolute Gasteiger partial charge is 0.334 e. The molecule has 6 heteroatoms. The summed E-state index contributed by atoms with van der Waals surface area (Å²) < 4.78 is 1.84. The molecule has 1 fully saturated rings. The van der Waals surface area contributed by atoms with Gasteiger partial charge in [-0.15, -0.1) is 11.3 Å². The first-order valence-corrected chi connectivity index (χ1v) is 8.20. The van der Waals surface area contributed by atoms with Gasteiger partial charge in [0.25, 0.3) is 0 Å². The Hall–Kier alpha value is -1.82. The molecule has 2 aromatic rings. The first kappa shape index (κ1) is 14.1. The maximum Gasteiger partial charge on any atom is 0.318 e. The molecule has 1 saturated heterocycles. The highest BCUT2D eigenvalue weighted by Gasteiger charge is 2.31. The minimum atomic E-state index is 0.0329. The molecular formula is C15H20N4OS. The van der Waals surface area contributed by atoms with Crippen molar-refractivity contribution in [3.8, 4) is 0 Å². The van der Waals surface area contributed by atoms with Gasteiger partial charge in [-0.1, -0.05) is 6.07 Å². The van der Waals surface area contributed by atoms with Crippen molar-refractivity contribution in [2.24, 2.45) is 0 Å². The van der Waals surface area contributed by atoms with Crippen molar-refractivity contribution in [1.82, 2.24) is 20.0 Å². The summed E-state index contributed by atoms with van der Waals surface area (Å²) in [5, 5.41) is 9.33. The Morgan fingerprint density at radius 1 is 1.57 bits per heavy atom. The predicted molar refractivity (Wildman–Crippen MR) is 83.2 cm³/mol. The van der Waals surface area contributed by atoms with Crippen LogP contribution in [0.3, 0.4) is 0 Å². The summed E-state index contributed by atoms with van der Waals surface area (Å²) in [7, 11) is 0. The Morgan fingerprint density at radius 2 is 2.48 bits per heavy atom. The minimum absolute atomic E-state index is 0.0329. The number of nitrogens with one attached hydrogen (secondary N) is 1. The van der Waals surface area contributed by atoms with Crippen molar-refractivity contribution in [2.75, 3.05) is 6.54 Å². The second-order valence-electron chi connectivity index (χ2n) is 5.45. The average molecular weight is 304 g/mol. The molecule has 21 heavy (non-hydrogen) atoms. The molecule has 0 aliphatic carbocycles. The van der Waals surface area contributed by atoms with Crippen LogP contribution in [0.5, 0.6) is 0 Å². The summed E-state index contributed by atoms with van der Waals surface area (Å²) in [6, 6.07) is 6.39. The molecule has 2 amide bonds. The fraction of sp³-hybridized carbons (Fsp3) is 0.467. The molecule has 5 nitrogen and oxygen atoms in total. The number of rotatable bonds is 4. The number of thiophene rings is 1. The zero-order valence-electron chi connectivity index (χ0n) is 12.1. The lowest BCUT2D eigenvalue weighted by molar-refractivity contribution is 0.189. The van der Waals surface area contributed by atoms with Gasteiger partial charge in [-0.05, 0) is 37.3 Å². The summed E-state index contributed by atoms with van der Waals surface area (Å²) in [4.78, 5) is 15.7. The lowest BCUT2D eigenvalue weighted by atomic mass is 10.2. The second kappa shape index (κ2) is 6.30. The standard InChI is InChI=1S/C15H20N4OS/c1-12(11-18-8-4-7-16-18)17-15(20)19-9-2-5-13(19)14-6-3-10-21-14/h3-4,6-8,10,12-13H,2,5,9,11H2,1H3,(H,17,20)/t12-,13+/m1/s1. The van der Waals surface area contributed by atoms with Gasteiger partial charge in [-0.3, -0.25) is 4.68 Å². The van der Waals surface area contributed by atoms with Crippen molar-refractivity contribution in [2.45, 2.75) is 38.4 Å². The summed E-state index contributed by atoms with van der Waals surface area (Å²) in [6.45, 7) is 3.54. The number of nitrogens with zero attached hydrogens (tertiary/aromatic N) is 3. The highest BCUT2D eigenvalue weighted by atomic mass is 32.1. The third-order valence-corrected chi connectivity index (χ3v) is 4.75. The molecule has 3 rings (SSSR count). The summed E-state index contributed by atoms with van der Waals surface area (Å²) in [6.07, 6.45) is 5.79. The number of hydrogen-bond acceptors (Lipinski definition) is 3. The highest BCUT2D eigenvalue weighted by Crippen LogP contribution is 2.34. The van der Waals surface area contributed by atoms with E-state index < -0.39 is 0 Å². The van der Waals surface area contributed by atoms with Gasteiger partial charge >= 0.3 is 6.03 Å². The first-order chi connectivity index (χ1) is 10.2. The van der Waals surface area contributed by atoms with Crippen molar-refractivity contribution >= 4 is 17.4 Å².